The first kappa shape index (κ1) is 28.5. The van der Waals surface area contributed by atoms with Gasteiger partial charge >= 0.3 is 11.9 Å². The second-order valence-electron chi connectivity index (χ2n) is 8.66. The maximum absolute atomic E-state index is 13.7. The topological polar surface area (TPSA) is 148 Å². The van der Waals surface area contributed by atoms with Crippen LogP contribution in [-0.4, -0.2) is 59.7 Å². The normalized spacial score (nSPS) is 12.8. The zero-order valence-electron chi connectivity index (χ0n) is 21.3. The van der Waals surface area contributed by atoms with Gasteiger partial charge in [0.25, 0.3) is 23.6 Å². The van der Waals surface area contributed by atoms with E-state index in [9.17, 15) is 37.5 Å². The van der Waals surface area contributed by atoms with Gasteiger partial charge in [0, 0.05) is 0 Å². The van der Waals surface area contributed by atoms with Gasteiger partial charge in [-0.05, 0) is 49.4 Å². The highest BCUT2D eigenvalue weighted by molar-refractivity contribution is 6.23. The summed E-state index contributed by atoms with van der Waals surface area (Å²) >= 11 is 0. The molecule has 0 aliphatic carbocycles. The first-order valence-corrected chi connectivity index (χ1v) is 12.0. The molecule has 1 atom stereocenters. The van der Waals surface area contributed by atoms with Gasteiger partial charge in [-0.1, -0.05) is 24.3 Å². The predicted octanol–water partition coefficient (Wildman–Crippen LogP) is 2.93. The number of nitrogens with one attached hydrogen (secondary N) is 2. The second kappa shape index (κ2) is 12.2. The number of nitrogens with zero attached hydrogens (tertiary/aromatic N) is 1. The molecular formula is C28H21F2N3O8. The number of rotatable bonds is 9. The van der Waals surface area contributed by atoms with E-state index in [4.69, 9.17) is 9.47 Å². The van der Waals surface area contributed by atoms with Crippen LogP contribution in [-0.2, 0) is 23.9 Å². The zero-order chi connectivity index (χ0) is 29.7. The highest BCUT2D eigenvalue weighted by Crippen LogP contribution is 2.26. The molecule has 210 valence electrons. The molecular weight excluding hydrogens is 544 g/mol. The molecule has 0 radical (unpaired) electrons. The van der Waals surface area contributed by atoms with Crippen molar-refractivity contribution in [3.8, 4) is 0 Å². The van der Waals surface area contributed by atoms with Gasteiger partial charge in [-0.3, -0.25) is 24.1 Å². The van der Waals surface area contributed by atoms with Crippen molar-refractivity contribution in [2.24, 2.45) is 0 Å². The van der Waals surface area contributed by atoms with Crippen LogP contribution in [0.1, 0.15) is 38.0 Å². The van der Waals surface area contributed by atoms with Crippen molar-refractivity contribution in [1.29, 1.82) is 0 Å². The molecule has 0 saturated carbocycles. The van der Waals surface area contributed by atoms with Crippen molar-refractivity contribution in [3.05, 3.63) is 95.1 Å². The van der Waals surface area contributed by atoms with Gasteiger partial charge < -0.3 is 20.1 Å². The van der Waals surface area contributed by atoms with E-state index in [1.807, 2.05) is 0 Å². The van der Waals surface area contributed by atoms with E-state index in [-0.39, 0.29) is 28.1 Å². The van der Waals surface area contributed by atoms with E-state index >= 15 is 0 Å². The molecule has 13 heteroatoms. The molecule has 4 rings (SSSR count). The van der Waals surface area contributed by atoms with Gasteiger partial charge in [0.1, 0.15) is 17.7 Å². The van der Waals surface area contributed by atoms with Crippen LogP contribution in [0.2, 0.25) is 0 Å². The molecule has 3 aromatic rings. The first-order chi connectivity index (χ1) is 19.6. The Labute approximate surface area is 231 Å². The van der Waals surface area contributed by atoms with Gasteiger partial charge in [0.15, 0.2) is 13.2 Å². The minimum absolute atomic E-state index is 0.0965. The number of hydrogen-bond acceptors (Lipinski definition) is 8. The van der Waals surface area contributed by atoms with Crippen LogP contribution < -0.4 is 10.6 Å². The summed E-state index contributed by atoms with van der Waals surface area (Å²) in [5, 5.41) is 4.48. The third-order valence-corrected chi connectivity index (χ3v) is 5.86. The summed E-state index contributed by atoms with van der Waals surface area (Å²) in [6.45, 7) is -0.347. The van der Waals surface area contributed by atoms with E-state index in [0.29, 0.717) is 4.90 Å². The van der Waals surface area contributed by atoms with Crippen molar-refractivity contribution < 1.29 is 47.0 Å². The van der Waals surface area contributed by atoms with Crippen LogP contribution in [0.5, 0.6) is 0 Å². The molecule has 4 amide bonds. The summed E-state index contributed by atoms with van der Waals surface area (Å²) in [6.07, 6.45) is 0. The summed E-state index contributed by atoms with van der Waals surface area (Å²) in [4.78, 5) is 75.5. The fourth-order valence-corrected chi connectivity index (χ4v) is 3.81. The number of para-hydroxylation sites is 2. The molecule has 0 fully saturated rings. The number of esters is 2. The summed E-state index contributed by atoms with van der Waals surface area (Å²) < 4.78 is 37.2. The van der Waals surface area contributed by atoms with Crippen LogP contribution in [0.15, 0.2) is 66.7 Å². The molecule has 1 aliphatic rings. The molecule has 0 aromatic heterocycles. The largest absolute Gasteiger partial charge is 0.454 e. The maximum Gasteiger partial charge on any atom is 0.338 e. The molecule has 1 heterocycles. The molecule has 1 aliphatic heterocycles. The Bertz CT molecular complexity index is 1580. The lowest BCUT2D eigenvalue weighted by Gasteiger charge is -2.20. The Morgan fingerprint density at radius 2 is 1.27 bits per heavy atom. The van der Waals surface area contributed by atoms with E-state index in [1.165, 1.54) is 55.5 Å². The van der Waals surface area contributed by atoms with Crippen LogP contribution in [0.25, 0.3) is 0 Å². The molecule has 0 saturated heterocycles. The molecule has 0 bridgehead atoms. The minimum atomic E-state index is -1.44. The Morgan fingerprint density at radius 1 is 0.756 bits per heavy atom. The molecule has 41 heavy (non-hydrogen) atoms. The standard InChI is InChI=1S/C28H21F2N3O8/c1-15(27(38)40-13-23(34)31-21-8-4-2-6-19(21)29)33-25(36)17-11-10-16(12-18(17)26(33)37)28(39)41-14-24(35)32-22-9-5-3-7-20(22)30/h2-12,15H,13-14H2,1H3,(H,31,34)(H,32,35)/t15-/m1/s1. The number of hydrogen-bond donors (Lipinski definition) is 2. The van der Waals surface area contributed by atoms with Gasteiger partial charge in [0.2, 0.25) is 0 Å². The third-order valence-electron chi connectivity index (χ3n) is 5.86. The lowest BCUT2D eigenvalue weighted by molar-refractivity contribution is -0.150. The molecule has 3 aromatic carbocycles. The summed E-state index contributed by atoms with van der Waals surface area (Å²) in [5.74, 6) is -6.84. The molecule has 2 N–H and O–H groups in total. The van der Waals surface area contributed by atoms with Gasteiger partial charge in [-0.2, -0.15) is 0 Å². The smallest absolute Gasteiger partial charge is 0.338 e. The van der Waals surface area contributed by atoms with Crippen molar-refractivity contribution in [2.75, 3.05) is 23.8 Å². The molecule has 11 nitrogen and oxygen atoms in total. The Balaban J connectivity index is 1.34. The SMILES string of the molecule is C[C@H](C(=O)OCC(=O)Nc1ccccc1F)N1C(=O)c2ccc(C(=O)OCC(=O)Nc3ccccc3F)cc2C1=O. The van der Waals surface area contributed by atoms with Crippen LogP contribution in [0, 0.1) is 11.6 Å². The number of carbonyl (C=O) groups excluding carboxylic acids is 6. The summed E-state index contributed by atoms with van der Waals surface area (Å²) in [6, 6.07) is 12.8. The first-order valence-electron chi connectivity index (χ1n) is 12.0. The van der Waals surface area contributed by atoms with Crippen molar-refractivity contribution in [3.63, 3.8) is 0 Å². The molecule has 0 spiro atoms. The minimum Gasteiger partial charge on any atom is -0.454 e. The number of amides is 4. The van der Waals surface area contributed by atoms with Crippen molar-refractivity contribution in [1.82, 2.24) is 4.90 Å². The average molecular weight is 565 g/mol. The quantitative estimate of drug-likeness (QED) is 0.297. The number of ether oxygens (including phenoxy) is 2. The van der Waals surface area contributed by atoms with E-state index in [2.05, 4.69) is 10.6 Å². The van der Waals surface area contributed by atoms with Gasteiger partial charge in [-0.25, -0.2) is 18.4 Å². The highest BCUT2D eigenvalue weighted by atomic mass is 19.1. The monoisotopic (exact) mass is 565 g/mol. The Kier molecular flexibility index (Phi) is 8.46. The number of imide groups is 1. The van der Waals surface area contributed by atoms with Crippen molar-refractivity contribution in [2.45, 2.75) is 13.0 Å². The Hall–Kier alpha value is -5.46. The van der Waals surface area contributed by atoms with E-state index in [1.54, 1.807) is 0 Å². The average Bonchev–Trinajstić information content (AvgIpc) is 3.21. The van der Waals surface area contributed by atoms with Gasteiger partial charge in [0.05, 0.1) is 28.1 Å². The van der Waals surface area contributed by atoms with E-state index in [0.717, 1.165) is 18.2 Å². The summed E-state index contributed by atoms with van der Waals surface area (Å²) in [7, 11) is 0. The predicted molar refractivity (Wildman–Crippen MR) is 138 cm³/mol. The van der Waals surface area contributed by atoms with Crippen LogP contribution >= 0.6 is 0 Å². The number of anilines is 2. The number of benzene rings is 3. The fourth-order valence-electron chi connectivity index (χ4n) is 3.81. The third kappa shape index (κ3) is 6.41. The molecule has 0 unspecified atom stereocenters. The Morgan fingerprint density at radius 3 is 1.83 bits per heavy atom. The maximum atomic E-state index is 13.7. The van der Waals surface area contributed by atoms with Crippen LogP contribution in [0.4, 0.5) is 20.2 Å². The van der Waals surface area contributed by atoms with E-state index < -0.39 is 66.5 Å². The highest BCUT2D eigenvalue weighted by Gasteiger charge is 2.42. The van der Waals surface area contributed by atoms with Crippen LogP contribution in [0.3, 0.4) is 0 Å². The number of fused-ring (bicyclic) bond motifs is 1. The lowest BCUT2D eigenvalue weighted by Crippen LogP contribution is -2.44. The second-order valence-corrected chi connectivity index (χ2v) is 8.66. The lowest BCUT2D eigenvalue weighted by atomic mass is 10.1. The van der Waals surface area contributed by atoms with Gasteiger partial charge in [-0.15, -0.1) is 0 Å². The number of halogens is 2. The fraction of sp³-hybridized carbons (Fsp3) is 0.143. The zero-order valence-corrected chi connectivity index (χ0v) is 21.3. The summed E-state index contributed by atoms with van der Waals surface area (Å²) in [5.41, 5.74) is -0.681. The number of carbonyl (C=O) groups is 6. The van der Waals surface area contributed by atoms with Crippen molar-refractivity contribution >= 4 is 46.9 Å².